The molecule has 0 saturated heterocycles. The molecule has 128 valence electrons. The first kappa shape index (κ1) is 19.3. The third-order valence-electron chi connectivity index (χ3n) is 2.97. The summed E-state index contributed by atoms with van der Waals surface area (Å²) >= 11 is 0. The molecule has 0 fully saturated rings. The number of benzene rings is 1. The summed E-state index contributed by atoms with van der Waals surface area (Å²) in [6.45, 7) is 0.0952. The Morgan fingerprint density at radius 2 is 1.83 bits per heavy atom. The van der Waals surface area contributed by atoms with Crippen molar-refractivity contribution >= 4 is 19.5 Å². The first-order valence-electron chi connectivity index (χ1n) is 6.80. The lowest BCUT2D eigenvalue weighted by atomic mass is 10.2. The van der Waals surface area contributed by atoms with E-state index in [1.807, 2.05) is 30.3 Å². The molecule has 0 radical (unpaired) electrons. The van der Waals surface area contributed by atoms with Crippen molar-refractivity contribution in [1.82, 2.24) is 5.32 Å². The van der Waals surface area contributed by atoms with Crippen molar-refractivity contribution in [3.8, 4) is 0 Å². The molecule has 0 aliphatic heterocycles. The number of nitrogens with one attached hydrogen (secondary N) is 1. The summed E-state index contributed by atoms with van der Waals surface area (Å²) in [5, 5.41) is 11.6. The first-order valence-corrected chi connectivity index (χ1v) is 8.41. The lowest BCUT2D eigenvalue weighted by molar-refractivity contribution is -0.145. The van der Waals surface area contributed by atoms with Crippen LogP contribution in [0.4, 0.5) is 0 Å². The number of carbonyl (C=O) groups excluding carboxylic acids is 1. The quantitative estimate of drug-likeness (QED) is 0.486. The summed E-state index contributed by atoms with van der Waals surface area (Å²) in [5.41, 5.74) is 0.848. The van der Waals surface area contributed by atoms with E-state index in [0.29, 0.717) is 0 Å². The summed E-state index contributed by atoms with van der Waals surface area (Å²) in [5.74, 6) is -3.45. The molecule has 0 aromatic heterocycles. The van der Waals surface area contributed by atoms with E-state index in [4.69, 9.17) is 9.84 Å². The molecule has 2 N–H and O–H groups in total. The van der Waals surface area contributed by atoms with Gasteiger partial charge in [-0.25, -0.2) is 4.79 Å². The molecule has 9 heteroatoms. The summed E-state index contributed by atoms with van der Waals surface area (Å²) in [4.78, 5) is 22.8. The smallest absolute Gasteiger partial charge is 0.358 e. The lowest BCUT2D eigenvalue weighted by Crippen LogP contribution is -2.38. The number of rotatable bonds is 10. The molecule has 1 aromatic rings. The van der Waals surface area contributed by atoms with Crippen LogP contribution in [0.25, 0.3) is 0 Å². The van der Waals surface area contributed by atoms with Crippen LogP contribution < -0.4 is 5.32 Å². The van der Waals surface area contributed by atoms with E-state index in [2.05, 4.69) is 14.4 Å². The zero-order valence-corrected chi connectivity index (χ0v) is 13.8. The Balaban J connectivity index is 2.43. The van der Waals surface area contributed by atoms with Gasteiger partial charge in [-0.15, -0.1) is 0 Å². The highest BCUT2D eigenvalue weighted by Crippen LogP contribution is 2.50. The Kier molecular flexibility index (Phi) is 7.91. The van der Waals surface area contributed by atoms with Crippen molar-refractivity contribution < 1.29 is 33.0 Å². The first-order chi connectivity index (χ1) is 10.9. The van der Waals surface area contributed by atoms with Crippen LogP contribution in [-0.4, -0.2) is 43.6 Å². The van der Waals surface area contributed by atoms with Gasteiger partial charge in [-0.1, -0.05) is 30.3 Å². The fourth-order valence-corrected chi connectivity index (χ4v) is 2.93. The molecular weight excluding hydrogens is 325 g/mol. The number of carboxylic acids is 1. The summed E-state index contributed by atoms with van der Waals surface area (Å²) in [6, 6.07) is 9.15. The number of hydrogen-bond acceptors (Lipinski definition) is 7. The zero-order chi connectivity index (χ0) is 17.3. The number of carboxylic acid groups (broad SMARTS) is 1. The highest BCUT2D eigenvalue weighted by Gasteiger charge is 2.39. The minimum Gasteiger partial charge on any atom is -0.480 e. The van der Waals surface area contributed by atoms with Crippen LogP contribution in [0.1, 0.15) is 12.0 Å². The molecule has 0 bridgehead atoms. The molecule has 0 heterocycles. The SMILES string of the molecule is COP(=O)(OC)[C@@H](NCCC(=O)OCc1ccccc1)C(=O)O. The van der Waals surface area contributed by atoms with Crippen molar-refractivity contribution in [2.75, 3.05) is 20.8 Å². The standard InChI is InChI=1S/C14H20NO7P/c1-20-23(19,21-2)13(14(17)18)15-9-8-12(16)22-10-11-6-4-3-5-7-11/h3-7,13,15H,8-10H2,1-2H3,(H,17,18)/t13-/m1/s1. The minimum absolute atomic E-state index is 0.0404. The van der Waals surface area contributed by atoms with Gasteiger partial charge in [0.05, 0.1) is 6.42 Å². The van der Waals surface area contributed by atoms with E-state index in [9.17, 15) is 14.2 Å². The van der Waals surface area contributed by atoms with Crippen molar-refractivity contribution in [2.24, 2.45) is 0 Å². The summed E-state index contributed by atoms with van der Waals surface area (Å²) < 4.78 is 26.4. The lowest BCUT2D eigenvalue weighted by Gasteiger charge is -2.21. The molecule has 0 aliphatic rings. The van der Waals surface area contributed by atoms with Crippen LogP contribution in [0.2, 0.25) is 0 Å². The van der Waals surface area contributed by atoms with Gasteiger partial charge in [-0.05, 0) is 5.56 Å². The predicted molar refractivity (Wildman–Crippen MR) is 81.9 cm³/mol. The Labute approximate surface area is 134 Å². The van der Waals surface area contributed by atoms with Crippen LogP contribution in [0.3, 0.4) is 0 Å². The van der Waals surface area contributed by atoms with Gasteiger partial charge in [-0.2, -0.15) is 0 Å². The van der Waals surface area contributed by atoms with Gasteiger partial charge < -0.3 is 18.9 Å². The topological polar surface area (TPSA) is 111 Å². The molecule has 0 saturated carbocycles. The van der Waals surface area contributed by atoms with Crippen LogP contribution in [0, 0.1) is 0 Å². The minimum atomic E-state index is -3.83. The third-order valence-corrected chi connectivity index (χ3v) is 5.02. The van der Waals surface area contributed by atoms with Crippen molar-refractivity contribution in [1.29, 1.82) is 0 Å². The average Bonchev–Trinajstić information content (AvgIpc) is 2.56. The molecule has 1 atom stereocenters. The zero-order valence-electron chi connectivity index (χ0n) is 12.9. The second-order valence-corrected chi connectivity index (χ2v) is 6.82. The Bertz CT molecular complexity index is 556. The molecular formula is C14H20NO7P. The van der Waals surface area contributed by atoms with E-state index in [1.165, 1.54) is 0 Å². The highest BCUT2D eigenvalue weighted by molar-refractivity contribution is 7.55. The van der Waals surface area contributed by atoms with E-state index in [0.717, 1.165) is 19.8 Å². The maximum absolute atomic E-state index is 12.1. The average molecular weight is 345 g/mol. The predicted octanol–water partition coefficient (Wildman–Crippen LogP) is 1.61. The van der Waals surface area contributed by atoms with Gasteiger partial charge in [-0.3, -0.25) is 14.7 Å². The number of ether oxygens (including phenoxy) is 1. The Hall–Kier alpha value is -1.73. The molecule has 1 rings (SSSR count). The van der Waals surface area contributed by atoms with Gasteiger partial charge >= 0.3 is 19.5 Å². The number of aliphatic carboxylic acids is 1. The molecule has 0 aliphatic carbocycles. The van der Waals surface area contributed by atoms with Crippen LogP contribution >= 0.6 is 7.60 Å². The molecule has 8 nitrogen and oxygen atoms in total. The summed E-state index contributed by atoms with van der Waals surface area (Å²) in [7, 11) is -1.65. The van der Waals surface area contributed by atoms with Gasteiger partial charge in [0.25, 0.3) is 0 Å². The third kappa shape index (κ3) is 6.11. The van der Waals surface area contributed by atoms with E-state index >= 15 is 0 Å². The number of hydrogen-bond donors (Lipinski definition) is 2. The second-order valence-electron chi connectivity index (χ2n) is 4.50. The van der Waals surface area contributed by atoms with Gasteiger partial charge in [0, 0.05) is 20.8 Å². The van der Waals surface area contributed by atoms with E-state index in [-0.39, 0.29) is 19.6 Å². The molecule has 23 heavy (non-hydrogen) atoms. The van der Waals surface area contributed by atoms with Crippen molar-refractivity contribution in [2.45, 2.75) is 18.8 Å². The number of esters is 1. The Morgan fingerprint density at radius 1 is 1.22 bits per heavy atom. The Morgan fingerprint density at radius 3 is 2.35 bits per heavy atom. The van der Waals surface area contributed by atoms with Crippen molar-refractivity contribution in [3.63, 3.8) is 0 Å². The molecule has 1 aromatic carbocycles. The van der Waals surface area contributed by atoms with Crippen LogP contribution in [0.5, 0.6) is 0 Å². The van der Waals surface area contributed by atoms with Gasteiger partial charge in [0.15, 0.2) is 0 Å². The van der Waals surface area contributed by atoms with E-state index in [1.54, 1.807) is 0 Å². The largest absolute Gasteiger partial charge is 0.480 e. The monoisotopic (exact) mass is 345 g/mol. The second kappa shape index (κ2) is 9.42. The van der Waals surface area contributed by atoms with Crippen LogP contribution in [0.15, 0.2) is 30.3 Å². The van der Waals surface area contributed by atoms with Gasteiger partial charge in [0.1, 0.15) is 6.61 Å². The van der Waals surface area contributed by atoms with Crippen LogP contribution in [-0.2, 0) is 34.5 Å². The maximum Gasteiger partial charge on any atom is 0.358 e. The highest BCUT2D eigenvalue weighted by atomic mass is 31.2. The number of carbonyl (C=O) groups is 2. The van der Waals surface area contributed by atoms with Gasteiger partial charge in [0.2, 0.25) is 5.78 Å². The summed E-state index contributed by atoms with van der Waals surface area (Å²) in [6.07, 6.45) is -0.0793. The fourth-order valence-electron chi connectivity index (χ4n) is 1.74. The molecule has 0 unspecified atom stereocenters. The normalized spacial score (nSPS) is 12.6. The van der Waals surface area contributed by atoms with Crippen molar-refractivity contribution in [3.05, 3.63) is 35.9 Å². The fraction of sp³-hybridized carbons (Fsp3) is 0.429. The molecule has 0 spiro atoms. The molecule has 0 amide bonds. The maximum atomic E-state index is 12.1. The van der Waals surface area contributed by atoms with E-state index < -0.39 is 25.3 Å².